The number of aryl methyl sites for hydroxylation is 2. The van der Waals surface area contributed by atoms with Gasteiger partial charge in [-0.2, -0.15) is 0 Å². The predicted octanol–water partition coefficient (Wildman–Crippen LogP) is 4.13. The molecule has 0 fully saturated rings. The number of hydrogen-bond donors (Lipinski definition) is 2. The van der Waals surface area contributed by atoms with Crippen LogP contribution >= 0.6 is 11.3 Å². The van der Waals surface area contributed by atoms with E-state index in [9.17, 15) is 14.7 Å². The van der Waals surface area contributed by atoms with Crippen molar-refractivity contribution in [3.63, 3.8) is 0 Å². The zero-order valence-corrected chi connectivity index (χ0v) is 16.8. The second-order valence-electron chi connectivity index (χ2n) is 6.86. The Morgan fingerprint density at radius 1 is 1.21 bits per heavy atom. The summed E-state index contributed by atoms with van der Waals surface area (Å²) in [6.45, 7) is 3.69. The van der Waals surface area contributed by atoms with Gasteiger partial charge in [0.15, 0.2) is 0 Å². The molecule has 0 atom stereocenters. The van der Waals surface area contributed by atoms with E-state index in [2.05, 4.69) is 10.3 Å². The molecule has 146 valence electrons. The van der Waals surface area contributed by atoms with Gasteiger partial charge < -0.3 is 10.4 Å². The van der Waals surface area contributed by atoms with Gasteiger partial charge in [0.1, 0.15) is 6.54 Å². The van der Waals surface area contributed by atoms with Crippen molar-refractivity contribution in [1.82, 2.24) is 4.57 Å². The minimum Gasteiger partial charge on any atom is -0.493 e. The lowest BCUT2D eigenvalue weighted by atomic mass is 10.1. The van der Waals surface area contributed by atoms with Crippen LogP contribution in [0.2, 0.25) is 0 Å². The molecule has 4 rings (SSSR count). The average molecular weight is 405 g/mol. The van der Waals surface area contributed by atoms with Crippen LogP contribution in [0, 0.1) is 13.8 Å². The van der Waals surface area contributed by atoms with E-state index in [0.29, 0.717) is 10.6 Å². The quantitative estimate of drug-likeness (QED) is 0.685. The van der Waals surface area contributed by atoms with Crippen molar-refractivity contribution in [1.29, 1.82) is 0 Å². The number of hydrogen-bond acceptors (Lipinski definition) is 5. The van der Waals surface area contributed by atoms with Crippen LogP contribution in [-0.4, -0.2) is 21.8 Å². The number of aromatic nitrogens is 1. The van der Waals surface area contributed by atoms with Crippen molar-refractivity contribution < 1.29 is 9.90 Å². The first kappa shape index (κ1) is 18.9. The molecule has 0 radical (unpaired) electrons. The highest BCUT2D eigenvalue weighted by Gasteiger charge is 2.18. The van der Waals surface area contributed by atoms with Gasteiger partial charge in [0.05, 0.1) is 10.6 Å². The highest BCUT2D eigenvalue weighted by Crippen LogP contribution is 2.34. The Morgan fingerprint density at radius 2 is 2.00 bits per heavy atom. The molecule has 1 aromatic heterocycles. The number of carbonyl (C=O) groups is 1. The highest BCUT2D eigenvalue weighted by atomic mass is 32.1. The summed E-state index contributed by atoms with van der Waals surface area (Å²) in [5.41, 5.74) is 5.44. The molecule has 0 unspecified atom stereocenters. The molecular weight excluding hydrogens is 386 g/mol. The fraction of sp³-hybridized carbons (Fsp3) is 0.136. The lowest BCUT2D eigenvalue weighted by Gasteiger charge is -2.08. The first-order chi connectivity index (χ1) is 13.9. The molecule has 2 aromatic carbocycles. The van der Waals surface area contributed by atoms with E-state index in [4.69, 9.17) is 0 Å². The van der Waals surface area contributed by atoms with E-state index in [1.54, 1.807) is 12.3 Å². The normalized spacial score (nSPS) is 13.7. The Labute approximate surface area is 171 Å². The lowest BCUT2D eigenvalue weighted by molar-refractivity contribution is -0.116. The summed E-state index contributed by atoms with van der Waals surface area (Å²) in [5, 5.41) is 13.3. The second-order valence-corrected chi connectivity index (χ2v) is 7.86. The number of thiazole rings is 1. The SMILES string of the molecule is Cc1ccc(NC(=O)Cn2c(O)c(/C=C3\C=Nc4ccccc43)sc2=O)cc1C. The maximum Gasteiger partial charge on any atom is 0.311 e. The van der Waals surface area contributed by atoms with E-state index in [0.717, 1.165) is 43.9 Å². The standard InChI is InChI=1S/C22H19N3O3S/c1-13-7-8-16(9-14(13)2)24-20(26)12-25-21(27)19(29-22(25)28)10-15-11-23-18-6-4-3-5-17(15)18/h3-11,27H,12H2,1-2H3,(H,24,26)/b15-10+. The largest absolute Gasteiger partial charge is 0.493 e. The number of aliphatic imine (C=N–C) groups is 1. The van der Waals surface area contributed by atoms with Crippen molar-refractivity contribution in [3.05, 3.63) is 73.7 Å². The van der Waals surface area contributed by atoms with Crippen LogP contribution in [0.3, 0.4) is 0 Å². The third-order valence-corrected chi connectivity index (χ3v) is 5.75. The average Bonchev–Trinajstić information content (AvgIpc) is 3.21. The summed E-state index contributed by atoms with van der Waals surface area (Å²) in [4.78, 5) is 29.1. The molecule has 7 heteroatoms. The van der Waals surface area contributed by atoms with Gasteiger partial charge in [0.25, 0.3) is 0 Å². The number of allylic oxidation sites excluding steroid dienone is 1. The molecule has 1 amide bonds. The molecule has 0 aliphatic carbocycles. The third-order valence-electron chi connectivity index (χ3n) is 4.83. The number of rotatable bonds is 4. The maximum absolute atomic E-state index is 12.4. The van der Waals surface area contributed by atoms with Crippen LogP contribution in [0.25, 0.3) is 11.6 Å². The van der Waals surface area contributed by atoms with Gasteiger partial charge in [0, 0.05) is 23.0 Å². The van der Waals surface area contributed by atoms with Gasteiger partial charge in [0.2, 0.25) is 11.8 Å². The molecule has 0 spiro atoms. The molecule has 29 heavy (non-hydrogen) atoms. The summed E-state index contributed by atoms with van der Waals surface area (Å²) in [7, 11) is 0. The number of amides is 1. The van der Waals surface area contributed by atoms with E-state index in [1.807, 2.05) is 56.3 Å². The minimum atomic E-state index is -0.396. The number of aromatic hydroxyl groups is 1. The fourth-order valence-corrected chi connectivity index (χ4v) is 3.94. The van der Waals surface area contributed by atoms with Crippen LogP contribution in [0.4, 0.5) is 11.4 Å². The summed E-state index contributed by atoms with van der Waals surface area (Å²) in [6.07, 6.45) is 3.42. The number of fused-ring (bicyclic) bond motifs is 1. The monoisotopic (exact) mass is 405 g/mol. The number of nitrogens with one attached hydrogen (secondary N) is 1. The summed E-state index contributed by atoms with van der Waals surface area (Å²) < 4.78 is 1.07. The first-order valence-electron chi connectivity index (χ1n) is 9.07. The first-order valence-corrected chi connectivity index (χ1v) is 9.89. The predicted molar refractivity (Wildman–Crippen MR) is 117 cm³/mol. The Morgan fingerprint density at radius 3 is 2.79 bits per heavy atom. The van der Waals surface area contributed by atoms with Crippen LogP contribution in [0.1, 0.15) is 21.6 Å². The molecule has 2 N–H and O–H groups in total. The van der Waals surface area contributed by atoms with E-state index >= 15 is 0 Å². The maximum atomic E-state index is 12.4. The highest BCUT2D eigenvalue weighted by molar-refractivity contribution is 7.10. The second kappa shape index (κ2) is 7.52. The Balaban J connectivity index is 1.56. The zero-order chi connectivity index (χ0) is 20.5. The summed E-state index contributed by atoms with van der Waals surface area (Å²) >= 11 is 0.895. The zero-order valence-electron chi connectivity index (χ0n) is 16.0. The van der Waals surface area contributed by atoms with Gasteiger partial charge in [-0.25, -0.2) is 0 Å². The molecule has 2 heterocycles. The number of benzene rings is 2. The Hall–Kier alpha value is -3.45. The lowest BCUT2D eigenvalue weighted by Crippen LogP contribution is -2.24. The van der Waals surface area contributed by atoms with Crippen molar-refractivity contribution in [2.24, 2.45) is 4.99 Å². The van der Waals surface area contributed by atoms with Crippen LogP contribution in [0.5, 0.6) is 5.88 Å². The minimum absolute atomic E-state index is 0.222. The molecule has 1 aliphatic rings. The molecule has 0 saturated carbocycles. The number of carbonyl (C=O) groups excluding carboxylic acids is 1. The number of anilines is 1. The van der Waals surface area contributed by atoms with E-state index in [-0.39, 0.29) is 18.3 Å². The third kappa shape index (κ3) is 3.77. The van der Waals surface area contributed by atoms with E-state index < -0.39 is 4.87 Å². The molecule has 0 saturated heterocycles. The van der Waals surface area contributed by atoms with Crippen LogP contribution in [-0.2, 0) is 11.3 Å². The Bertz CT molecular complexity index is 1230. The van der Waals surface area contributed by atoms with Crippen molar-refractivity contribution in [2.75, 3.05) is 5.32 Å². The van der Waals surface area contributed by atoms with Gasteiger partial charge in [-0.05, 0) is 49.2 Å². The van der Waals surface area contributed by atoms with E-state index in [1.165, 1.54) is 0 Å². The van der Waals surface area contributed by atoms with Gasteiger partial charge in [-0.1, -0.05) is 35.6 Å². The molecular formula is C22H19N3O3S. The van der Waals surface area contributed by atoms with Gasteiger partial charge in [-0.3, -0.25) is 19.1 Å². The van der Waals surface area contributed by atoms with Crippen molar-refractivity contribution in [3.8, 4) is 5.88 Å². The molecule has 3 aromatic rings. The van der Waals surface area contributed by atoms with Crippen LogP contribution in [0.15, 0.2) is 52.3 Å². The molecule has 6 nitrogen and oxygen atoms in total. The number of nitrogens with zero attached hydrogens (tertiary/aromatic N) is 2. The number of para-hydroxylation sites is 1. The van der Waals surface area contributed by atoms with Crippen LogP contribution < -0.4 is 10.2 Å². The molecule has 1 aliphatic heterocycles. The van der Waals surface area contributed by atoms with Crippen molar-refractivity contribution in [2.45, 2.75) is 20.4 Å². The van der Waals surface area contributed by atoms with Gasteiger partial charge >= 0.3 is 4.87 Å². The summed E-state index contributed by atoms with van der Waals surface area (Å²) in [6, 6.07) is 13.2. The fourth-order valence-electron chi connectivity index (χ4n) is 3.11. The molecule has 0 bridgehead atoms. The van der Waals surface area contributed by atoms with Crippen molar-refractivity contribution >= 4 is 46.5 Å². The Kier molecular flexibility index (Phi) is 4.90. The summed E-state index contributed by atoms with van der Waals surface area (Å²) in [5.74, 6) is -0.601. The topological polar surface area (TPSA) is 83.7 Å². The van der Waals surface area contributed by atoms with Gasteiger partial charge in [-0.15, -0.1) is 0 Å². The smallest absolute Gasteiger partial charge is 0.311 e.